The number of aliphatic hydroxyl groups is 1. The lowest BCUT2D eigenvalue weighted by Gasteiger charge is -2.12. The first kappa shape index (κ1) is 14.0. The molecule has 0 aliphatic rings. The van der Waals surface area contributed by atoms with Gasteiger partial charge >= 0.3 is 0 Å². The lowest BCUT2D eigenvalue weighted by atomic mass is 10.2. The number of nitrogens with one attached hydrogen (secondary N) is 2. The maximum Gasteiger partial charge on any atom is 0.225 e. The molecule has 0 aliphatic carbocycles. The van der Waals surface area contributed by atoms with Gasteiger partial charge in [-0.3, -0.25) is 4.79 Å². The van der Waals surface area contributed by atoms with Crippen molar-refractivity contribution in [3.63, 3.8) is 0 Å². The van der Waals surface area contributed by atoms with Crippen molar-refractivity contribution in [2.24, 2.45) is 0 Å². The number of hydrogen-bond acceptors (Lipinski definition) is 3. The monoisotopic (exact) mass is 256 g/mol. The second kappa shape index (κ2) is 7.27. The van der Waals surface area contributed by atoms with Gasteiger partial charge in [0.25, 0.3) is 0 Å². The SMILES string of the molecule is CC(CC(=O)Nc1cccc(Cl)c1)NCCO. The van der Waals surface area contributed by atoms with E-state index in [2.05, 4.69) is 10.6 Å². The molecule has 94 valence electrons. The number of hydrogen-bond donors (Lipinski definition) is 3. The largest absolute Gasteiger partial charge is 0.395 e. The average Bonchev–Trinajstić information content (AvgIpc) is 2.26. The predicted octanol–water partition coefficient (Wildman–Crippen LogP) is 1.64. The van der Waals surface area contributed by atoms with Crippen LogP contribution >= 0.6 is 11.6 Å². The van der Waals surface area contributed by atoms with Gasteiger partial charge in [-0.2, -0.15) is 0 Å². The van der Waals surface area contributed by atoms with E-state index in [9.17, 15) is 4.79 Å². The van der Waals surface area contributed by atoms with Gasteiger partial charge in [-0.05, 0) is 25.1 Å². The molecule has 0 aliphatic heterocycles. The number of anilines is 1. The first-order chi connectivity index (χ1) is 8.11. The Balaban J connectivity index is 2.39. The average molecular weight is 257 g/mol. The van der Waals surface area contributed by atoms with Crippen LogP contribution in [0.2, 0.25) is 5.02 Å². The van der Waals surface area contributed by atoms with Crippen LogP contribution in [0.4, 0.5) is 5.69 Å². The van der Waals surface area contributed by atoms with Crippen LogP contribution in [0, 0.1) is 0 Å². The minimum Gasteiger partial charge on any atom is -0.395 e. The number of benzene rings is 1. The van der Waals surface area contributed by atoms with Crippen molar-refractivity contribution in [1.29, 1.82) is 0 Å². The number of aliphatic hydroxyl groups excluding tert-OH is 1. The summed E-state index contributed by atoms with van der Waals surface area (Å²) in [6, 6.07) is 7.05. The highest BCUT2D eigenvalue weighted by molar-refractivity contribution is 6.30. The molecule has 0 spiro atoms. The summed E-state index contributed by atoms with van der Waals surface area (Å²) in [4.78, 5) is 11.6. The maximum absolute atomic E-state index is 11.6. The van der Waals surface area contributed by atoms with Crippen LogP contribution < -0.4 is 10.6 Å². The van der Waals surface area contributed by atoms with Crippen molar-refractivity contribution >= 4 is 23.2 Å². The molecule has 0 saturated heterocycles. The van der Waals surface area contributed by atoms with Crippen LogP contribution in [0.5, 0.6) is 0 Å². The van der Waals surface area contributed by atoms with E-state index >= 15 is 0 Å². The van der Waals surface area contributed by atoms with Crippen LogP contribution in [0.1, 0.15) is 13.3 Å². The Morgan fingerprint density at radius 2 is 2.29 bits per heavy atom. The third-order valence-electron chi connectivity index (χ3n) is 2.20. The first-order valence-corrected chi connectivity index (χ1v) is 5.89. The molecule has 0 bridgehead atoms. The second-order valence-corrected chi connectivity index (χ2v) is 4.28. The quantitative estimate of drug-likeness (QED) is 0.725. The van der Waals surface area contributed by atoms with E-state index < -0.39 is 0 Å². The Morgan fingerprint density at radius 1 is 1.53 bits per heavy atom. The third-order valence-corrected chi connectivity index (χ3v) is 2.44. The molecule has 1 amide bonds. The molecule has 4 nitrogen and oxygen atoms in total. The number of carbonyl (C=O) groups excluding carboxylic acids is 1. The second-order valence-electron chi connectivity index (χ2n) is 3.84. The van der Waals surface area contributed by atoms with E-state index in [1.54, 1.807) is 24.3 Å². The van der Waals surface area contributed by atoms with E-state index in [4.69, 9.17) is 16.7 Å². The summed E-state index contributed by atoms with van der Waals surface area (Å²) in [7, 11) is 0. The van der Waals surface area contributed by atoms with Gasteiger partial charge in [0.15, 0.2) is 0 Å². The van der Waals surface area contributed by atoms with E-state index in [-0.39, 0.29) is 18.6 Å². The van der Waals surface area contributed by atoms with Crippen molar-refractivity contribution < 1.29 is 9.90 Å². The van der Waals surface area contributed by atoms with Gasteiger partial charge in [-0.25, -0.2) is 0 Å². The van der Waals surface area contributed by atoms with Crippen molar-refractivity contribution in [3.05, 3.63) is 29.3 Å². The molecule has 1 aromatic rings. The van der Waals surface area contributed by atoms with E-state index in [1.807, 2.05) is 6.92 Å². The van der Waals surface area contributed by atoms with Crippen molar-refractivity contribution in [2.45, 2.75) is 19.4 Å². The summed E-state index contributed by atoms with van der Waals surface area (Å²) in [5.41, 5.74) is 0.692. The Labute approximate surface area is 106 Å². The molecular formula is C12H17ClN2O2. The van der Waals surface area contributed by atoms with Crippen LogP contribution in [0.15, 0.2) is 24.3 Å². The van der Waals surface area contributed by atoms with Gasteiger partial charge in [0.2, 0.25) is 5.91 Å². The fourth-order valence-electron chi connectivity index (χ4n) is 1.44. The van der Waals surface area contributed by atoms with Crippen molar-refractivity contribution in [2.75, 3.05) is 18.5 Å². The molecule has 1 aromatic carbocycles. The summed E-state index contributed by atoms with van der Waals surface area (Å²) in [6.07, 6.45) is 0.354. The predicted molar refractivity (Wildman–Crippen MR) is 69.2 cm³/mol. The topological polar surface area (TPSA) is 61.4 Å². The Morgan fingerprint density at radius 3 is 2.94 bits per heavy atom. The molecular weight excluding hydrogens is 240 g/mol. The Bertz CT molecular complexity index is 371. The van der Waals surface area contributed by atoms with Gasteiger partial charge in [-0.1, -0.05) is 17.7 Å². The summed E-state index contributed by atoms with van der Waals surface area (Å²) < 4.78 is 0. The maximum atomic E-state index is 11.6. The Hall–Kier alpha value is -1.10. The number of halogens is 1. The zero-order valence-electron chi connectivity index (χ0n) is 9.74. The molecule has 1 rings (SSSR count). The smallest absolute Gasteiger partial charge is 0.225 e. The molecule has 0 aromatic heterocycles. The summed E-state index contributed by atoms with van der Waals surface area (Å²) in [6.45, 7) is 2.46. The molecule has 0 fully saturated rings. The van der Waals surface area contributed by atoms with Gasteiger partial charge < -0.3 is 15.7 Å². The Kier molecular flexibility index (Phi) is 5.97. The first-order valence-electron chi connectivity index (χ1n) is 5.51. The zero-order chi connectivity index (χ0) is 12.7. The van der Waals surface area contributed by atoms with Crippen LogP contribution in [0.3, 0.4) is 0 Å². The van der Waals surface area contributed by atoms with Gasteiger partial charge in [0.05, 0.1) is 6.61 Å². The molecule has 1 atom stereocenters. The molecule has 0 heterocycles. The fraction of sp³-hybridized carbons (Fsp3) is 0.417. The minimum atomic E-state index is -0.0785. The van der Waals surface area contributed by atoms with Gasteiger partial charge in [0, 0.05) is 29.7 Å². The van der Waals surface area contributed by atoms with Crippen molar-refractivity contribution in [3.8, 4) is 0 Å². The fourth-order valence-corrected chi connectivity index (χ4v) is 1.63. The number of rotatable bonds is 6. The van der Waals surface area contributed by atoms with Crippen LogP contribution in [-0.2, 0) is 4.79 Å². The van der Waals surface area contributed by atoms with Crippen LogP contribution in [-0.4, -0.2) is 30.2 Å². The van der Waals surface area contributed by atoms with Crippen LogP contribution in [0.25, 0.3) is 0 Å². The van der Waals surface area contributed by atoms with Crippen molar-refractivity contribution in [1.82, 2.24) is 5.32 Å². The summed E-state index contributed by atoms with van der Waals surface area (Å²) in [5, 5.41) is 15.0. The summed E-state index contributed by atoms with van der Waals surface area (Å²) >= 11 is 5.81. The highest BCUT2D eigenvalue weighted by atomic mass is 35.5. The van der Waals surface area contributed by atoms with Gasteiger partial charge in [0.1, 0.15) is 0 Å². The molecule has 1 unspecified atom stereocenters. The lowest BCUT2D eigenvalue weighted by Crippen LogP contribution is -2.32. The highest BCUT2D eigenvalue weighted by Crippen LogP contribution is 2.15. The molecule has 0 radical (unpaired) electrons. The number of amides is 1. The summed E-state index contributed by atoms with van der Waals surface area (Å²) in [5.74, 6) is -0.0785. The molecule has 17 heavy (non-hydrogen) atoms. The standard InChI is InChI=1S/C12H17ClN2O2/c1-9(14-5-6-16)7-12(17)15-11-4-2-3-10(13)8-11/h2-4,8-9,14,16H,5-7H2,1H3,(H,15,17). The highest BCUT2D eigenvalue weighted by Gasteiger charge is 2.08. The molecule has 5 heteroatoms. The number of carbonyl (C=O) groups is 1. The zero-order valence-corrected chi connectivity index (χ0v) is 10.5. The van der Waals surface area contributed by atoms with E-state index in [1.165, 1.54) is 0 Å². The molecule has 0 saturated carbocycles. The van der Waals surface area contributed by atoms with E-state index in [0.29, 0.717) is 23.7 Å². The lowest BCUT2D eigenvalue weighted by molar-refractivity contribution is -0.116. The minimum absolute atomic E-state index is 0.0290. The normalized spacial score (nSPS) is 12.2. The van der Waals surface area contributed by atoms with E-state index in [0.717, 1.165) is 0 Å². The molecule has 3 N–H and O–H groups in total. The van der Waals surface area contributed by atoms with Gasteiger partial charge in [-0.15, -0.1) is 0 Å². The third kappa shape index (κ3) is 5.68.